The third kappa shape index (κ3) is 7.12. The van der Waals surface area contributed by atoms with Gasteiger partial charge in [0.2, 0.25) is 0 Å². The SMILES string of the molecule is COC(=O)C(C)c1ccc(-c2ccc(OCCOCCOCCO)cc2)c(F)c1. The van der Waals surface area contributed by atoms with Crippen molar-refractivity contribution in [1.29, 1.82) is 0 Å². The third-order valence-electron chi connectivity index (χ3n) is 4.32. The molecule has 0 heterocycles. The number of halogens is 1. The van der Waals surface area contributed by atoms with Gasteiger partial charge in [-0.2, -0.15) is 0 Å². The van der Waals surface area contributed by atoms with E-state index in [1.165, 1.54) is 13.2 Å². The summed E-state index contributed by atoms with van der Waals surface area (Å²) in [6.07, 6.45) is 0. The molecule has 0 amide bonds. The number of carbonyl (C=O) groups excluding carboxylic acids is 1. The summed E-state index contributed by atoms with van der Waals surface area (Å²) in [4.78, 5) is 11.6. The topological polar surface area (TPSA) is 74.2 Å². The van der Waals surface area contributed by atoms with Crippen molar-refractivity contribution in [1.82, 2.24) is 0 Å². The maximum Gasteiger partial charge on any atom is 0.312 e. The van der Waals surface area contributed by atoms with E-state index in [4.69, 9.17) is 24.1 Å². The second-order valence-corrected chi connectivity index (χ2v) is 6.31. The number of rotatable bonds is 12. The van der Waals surface area contributed by atoms with Crippen molar-refractivity contribution < 1.29 is 33.2 Å². The maximum absolute atomic E-state index is 14.5. The van der Waals surface area contributed by atoms with Crippen LogP contribution in [0.2, 0.25) is 0 Å². The Labute approximate surface area is 170 Å². The Hall–Kier alpha value is -2.48. The Morgan fingerprint density at radius 3 is 2.28 bits per heavy atom. The lowest BCUT2D eigenvalue weighted by atomic mass is 9.97. The molecular weight excluding hydrogens is 379 g/mol. The molecule has 2 rings (SSSR count). The first-order valence-corrected chi connectivity index (χ1v) is 9.43. The first kappa shape index (κ1) is 22.8. The molecule has 0 spiro atoms. The third-order valence-corrected chi connectivity index (χ3v) is 4.32. The molecular formula is C22H27FO6. The van der Waals surface area contributed by atoms with Crippen molar-refractivity contribution in [2.24, 2.45) is 0 Å². The van der Waals surface area contributed by atoms with Gasteiger partial charge in [0.25, 0.3) is 0 Å². The van der Waals surface area contributed by atoms with Crippen LogP contribution in [0, 0.1) is 5.82 Å². The minimum Gasteiger partial charge on any atom is -0.491 e. The molecule has 1 unspecified atom stereocenters. The Morgan fingerprint density at radius 2 is 1.66 bits per heavy atom. The molecule has 2 aromatic rings. The van der Waals surface area contributed by atoms with Gasteiger partial charge in [-0.3, -0.25) is 4.79 Å². The van der Waals surface area contributed by atoms with E-state index < -0.39 is 17.7 Å². The fourth-order valence-electron chi connectivity index (χ4n) is 2.68. The first-order chi connectivity index (χ1) is 14.1. The second-order valence-electron chi connectivity index (χ2n) is 6.31. The minimum absolute atomic E-state index is 0.000234. The van der Waals surface area contributed by atoms with Crippen LogP contribution in [0.25, 0.3) is 11.1 Å². The summed E-state index contributed by atoms with van der Waals surface area (Å²) < 4.78 is 35.3. The van der Waals surface area contributed by atoms with Crippen LogP contribution in [0.1, 0.15) is 18.4 Å². The van der Waals surface area contributed by atoms with Crippen molar-refractivity contribution in [3.8, 4) is 16.9 Å². The van der Waals surface area contributed by atoms with Gasteiger partial charge in [0, 0.05) is 5.56 Å². The maximum atomic E-state index is 14.5. The molecule has 0 fully saturated rings. The van der Waals surface area contributed by atoms with Gasteiger partial charge in [-0.15, -0.1) is 0 Å². The van der Waals surface area contributed by atoms with Crippen LogP contribution in [-0.4, -0.2) is 57.8 Å². The summed E-state index contributed by atoms with van der Waals surface area (Å²) in [5.41, 5.74) is 1.73. The molecule has 1 atom stereocenters. The molecule has 7 heteroatoms. The predicted molar refractivity (Wildman–Crippen MR) is 106 cm³/mol. The Bertz CT molecular complexity index is 762. The van der Waals surface area contributed by atoms with E-state index in [-0.39, 0.29) is 6.61 Å². The van der Waals surface area contributed by atoms with E-state index in [0.29, 0.717) is 55.5 Å². The van der Waals surface area contributed by atoms with Crippen LogP contribution in [-0.2, 0) is 19.0 Å². The zero-order valence-electron chi connectivity index (χ0n) is 16.7. The van der Waals surface area contributed by atoms with E-state index in [9.17, 15) is 9.18 Å². The van der Waals surface area contributed by atoms with E-state index in [0.717, 1.165) is 0 Å². The van der Waals surface area contributed by atoms with Gasteiger partial charge in [-0.1, -0.05) is 24.3 Å². The van der Waals surface area contributed by atoms with E-state index in [1.54, 1.807) is 43.3 Å². The highest BCUT2D eigenvalue weighted by atomic mass is 19.1. The van der Waals surface area contributed by atoms with Crippen molar-refractivity contribution in [3.05, 3.63) is 53.8 Å². The number of aliphatic hydroxyl groups is 1. The number of hydrogen-bond donors (Lipinski definition) is 1. The van der Waals surface area contributed by atoms with Crippen molar-refractivity contribution in [2.45, 2.75) is 12.8 Å². The quantitative estimate of drug-likeness (QED) is 0.431. The summed E-state index contributed by atoms with van der Waals surface area (Å²) in [7, 11) is 1.31. The molecule has 0 radical (unpaired) electrons. The van der Waals surface area contributed by atoms with Gasteiger partial charge >= 0.3 is 5.97 Å². The summed E-state index contributed by atoms with van der Waals surface area (Å²) in [6, 6.07) is 11.8. The zero-order valence-corrected chi connectivity index (χ0v) is 16.7. The molecule has 6 nitrogen and oxygen atoms in total. The van der Waals surface area contributed by atoms with Crippen LogP contribution in [0.4, 0.5) is 4.39 Å². The Morgan fingerprint density at radius 1 is 1.00 bits per heavy atom. The van der Waals surface area contributed by atoms with Crippen molar-refractivity contribution >= 4 is 5.97 Å². The molecule has 0 aromatic heterocycles. The first-order valence-electron chi connectivity index (χ1n) is 9.43. The fraction of sp³-hybridized carbons (Fsp3) is 0.409. The number of benzene rings is 2. The van der Waals surface area contributed by atoms with E-state index in [1.807, 2.05) is 0 Å². The van der Waals surface area contributed by atoms with Crippen LogP contribution in [0.5, 0.6) is 5.75 Å². The average Bonchev–Trinajstić information content (AvgIpc) is 2.75. The molecule has 0 aliphatic heterocycles. The molecule has 2 aromatic carbocycles. The molecule has 0 bridgehead atoms. The minimum atomic E-state index is -0.525. The lowest BCUT2D eigenvalue weighted by Gasteiger charge is -2.12. The predicted octanol–water partition coefficient (Wildman–Crippen LogP) is 3.17. The summed E-state index contributed by atoms with van der Waals surface area (Å²) in [6.45, 7) is 3.65. The van der Waals surface area contributed by atoms with Gasteiger partial charge in [0.05, 0.1) is 46.1 Å². The Kier molecular flexibility index (Phi) is 9.56. The fourth-order valence-corrected chi connectivity index (χ4v) is 2.68. The summed E-state index contributed by atoms with van der Waals surface area (Å²) in [5.74, 6) is -0.669. The Balaban J connectivity index is 1.86. The monoisotopic (exact) mass is 406 g/mol. The number of carbonyl (C=O) groups is 1. The van der Waals surface area contributed by atoms with Crippen LogP contribution >= 0.6 is 0 Å². The lowest BCUT2D eigenvalue weighted by Crippen LogP contribution is -2.11. The largest absolute Gasteiger partial charge is 0.491 e. The number of esters is 1. The van der Waals surface area contributed by atoms with Gasteiger partial charge < -0.3 is 24.1 Å². The molecule has 0 saturated heterocycles. The second kappa shape index (κ2) is 12.2. The average molecular weight is 406 g/mol. The highest BCUT2D eigenvalue weighted by Crippen LogP contribution is 2.28. The lowest BCUT2D eigenvalue weighted by molar-refractivity contribution is -0.141. The van der Waals surface area contributed by atoms with Gasteiger partial charge in [0.15, 0.2) is 0 Å². The number of methoxy groups -OCH3 is 1. The molecule has 0 aliphatic carbocycles. The smallest absolute Gasteiger partial charge is 0.312 e. The normalized spacial score (nSPS) is 11.9. The van der Waals surface area contributed by atoms with Gasteiger partial charge in [0.1, 0.15) is 18.2 Å². The number of ether oxygens (including phenoxy) is 4. The van der Waals surface area contributed by atoms with Crippen LogP contribution in [0.3, 0.4) is 0 Å². The highest BCUT2D eigenvalue weighted by Gasteiger charge is 2.17. The highest BCUT2D eigenvalue weighted by molar-refractivity contribution is 5.78. The molecule has 158 valence electrons. The zero-order chi connectivity index (χ0) is 21.1. The standard InChI is InChI=1S/C22H27FO6/c1-16(22(25)26-2)18-5-8-20(21(23)15-18)17-3-6-19(7-4-17)29-14-13-28-12-11-27-10-9-24/h3-8,15-16,24H,9-14H2,1-2H3. The molecule has 0 saturated carbocycles. The number of hydrogen-bond acceptors (Lipinski definition) is 6. The van der Waals surface area contributed by atoms with Crippen LogP contribution in [0.15, 0.2) is 42.5 Å². The molecule has 29 heavy (non-hydrogen) atoms. The molecule has 1 N–H and O–H groups in total. The summed E-state index contributed by atoms with van der Waals surface area (Å²) >= 11 is 0. The number of aliphatic hydroxyl groups excluding tert-OH is 1. The molecule has 0 aliphatic rings. The van der Waals surface area contributed by atoms with E-state index in [2.05, 4.69) is 0 Å². The van der Waals surface area contributed by atoms with Crippen LogP contribution < -0.4 is 4.74 Å². The van der Waals surface area contributed by atoms with E-state index >= 15 is 0 Å². The summed E-state index contributed by atoms with van der Waals surface area (Å²) in [5, 5.41) is 8.58. The van der Waals surface area contributed by atoms with Gasteiger partial charge in [-0.25, -0.2) is 4.39 Å². The van der Waals surface area contributed by atoms with Crippen molar-refractivity contribution in [3.63, 3.8) is 0 Å². The van der Waals surface area contributed by atoms with Gasteiger partial charge in [-0.05, 0) is 36.2 Å². The van der Waals surface area contributed by atoms with Crippen molar-refractivity contribution in [2.75, 3.05) is 46.8 Å².